The van der Waals surface area contributed by atoms with Gasteiger partial charge >= 0.3 is 0 Å². The smallest absolute Gasteiger partial charge is 0.0725 e. The molecule has 0 nitrogen and oxygen atoms in total. The van der Waals surface area contributed by atoms with Crippen molar-refractivity contribution in [3.05, 3.63) is 225 Å². The van der Waals surface area contributed by atoms with Gasteiger partial charge in [-0.05, 0) is 120 Å². The lowest BCUT2D eigenvalue weighted by molar-refractivity contribution is 0.607. The van der Waals surface area contributed by atoms with Crippen LogP contribution in [-0.2, 0) is 16.2 Å². The normalized spacial score (nSPS) is 19.9. The predicted molar refractivity (Wildman–Crippen MR) is 229 cm³/mol. The first-order valence-corrected chi connectivity index (χ1v) is 19.9. The molecule has 0 bridgehead atoms. The van der Waals surface area contributed by atoms with Crippen LogP contribution in [0.3, 0.4) is 0 Å². The minimum absolute atomic E-state index is 0.0186. The van der Waals surface area contributed by atoms with E-state index in [1.807, 2.05) is 0 Å². The van der Waals surface area contributed by atoms with Gasteiger partial charge in [-0.25, -0.2) is 0 Å². The van der Waals surface area contributed by atoms with Gasteiger partial charge in [-0.2, -0.15) is 0 Å². The molecule has 0 aliphatic heterocycles. The molecule has 11 rings (SSSR count). The van der Waals surface area contributed by atoms with Crippen LogP contribution in [0.5, 0.6) is 0 Å². The quantitative estimate of drug-likeness (QED) is 0.161. The number of allylic oxidation sites excluding steroid dienone is 8. The number of benzene rings is 6. The highest BCUT2D eigenvalue weighted by atomic mass is 14.6. The number of hydrogen-bond acceptors (Lipinski definition) is 0. The minimum Gasteiger partial charge on any atom is -0.120 e. The first kappa shape index (κ1) is 32.3. The predicted octanol–water partition coefficient (Wildman–Crippen LogP) is 13.1. The molecule has 0 heteroatoms. The van der Waals surface area contributed by atoms with Gasteiger partial charge in [0.15, 0.2) is 0 Å². The van der Waals surface area contributed by atoms with E-state index in [0.717, 1.165) is 12.8 Å². The van der Waals surface area contributed by atoms with E-state index in [1.165, 1.54) is 94.6 Å². The van der Waals surface area contributed by atoms with E-state index in [1.54, 1.807) is 5.57 Å². The van der Waals surface area contributed by atoms with Gasteiger partial charge in [-0.15, -0.1) is 12.3 Å². The summed E-state index contributed by atoms with van der Waals surface area (Å²) < 4.78 is 0. The van der Waals surface area contributed by atoms with Gasteiger partial charge < -0.3 is 0 Å². The molecule has 0 amide bonds. The second-order valence-electron chi connectivity index (χ2n) is 16.4. The van der Waals surface area contributed by atoms with Crippen LogP contribution in [0.4, 0.5) is 0 Å². The van der Waals surface area contributed by atoms with Gasteiger partial charge in [-0.1, -0.05) is 171 Å². The first-order chi connectivity index (χ1) is 27.0. The van der Waals surface area contributed by atoms with Gasteiger partial charge in [0.05, 0.1) is 10.8 Å². The third-order valence-corrected chi connectivity index (χ3v) is 13.7. The molecule has 0 aromatic heterocycles. The summed E-state index contributed by atoms with van der Waals surface area (Å²) in [5.74, 6) is 3.07. The molecule has 262 valence electrons. The lowest BCUT2D eigenvalue weighted by Crippen LogP contribution is -2.44. The molecule has 0 radical (unpaired) electrons. The van der Waals surface area contributed by atoms with Crippen LogP contribution in [0, 0.1) is 12.3 Å². The summed E-state index contributed by atoms with van der Waals surface area (Å²) in [4.78, 5) is 0. The van der Waals surface area contributed by atoms with Crippen LogP contribution >= 0.6 is 0 Å². The molecule has 6 aromatic carbocycles. The molecule has 0 fully saturated rings. The fraction of sp³-hybridized carbons (Fsp3) is 0.164. The Labute approximate surface area is 325 Å². The molecule has 2 spiro atoms. The average molecular weight is 703 g/mol. The lowest BCUT2D eigenvalue weighted by atomic mass is 9.51. The summed E-state index contributed by atoms with van der Waals surface area (Å²) in [7, 11) is 0. The van der Waals surface area contributed by atoms with Crippen molar-refractivity contribution in [1.82, 2.24) is 0 Å². The third kappa shape index (κ3) is 3.84. The molecule has 0 saturated heterocycles. The topological polar surface area (TPSA) is 0 Å². The molecule has 5 aliphatic carbocycles. The Bertz CT molecular complexity index is 2790. The van der Waals surface area contributed by atoms with Gasteiger partial charge in [0, 0.05) is 11.8 Å². The van der Waals surface area contributed by atoms with Crippen LogP contribution in [0.2, 0.25) is 0 Å². The Morgan fingerprint density at radius 1 is 0.600 bits per heavy atom. The fourth-order valence-corrected chi connectivity index (χ4v) is 11.8. The van der Waals surface area contributed by atoms with E-state index >= 15 is 0 Å². The standard InChI is InChI=1S/C55H42/c1-5-18-37-38-20-8-12-26-46(38)54(45(37)19-6-2)49-29-15-16-30-50(49)55(47-27-13-9-21-39(47)40-22-10-14-28-48(40)55)52-36(24-17-31-51(52)54)35-32-33-44-42(34-35)41-23-7-11-25-43(41)53(44,3)4/h1,6-10,12-17,19-24,26-34H,11,18,25H2,2-4H3/b19-6-. The largest absolute Gasteiger partial charge is 0.120 e. The van der Waals surface area contributed by atoms with Gasteiger partial charge in [0.1, 0.15) is 0 Å². The highest BCUT2D eigenvalue weighted by Gasteiger charge is 2.59. The number of terminal acetylenes is 1. The van der Waals surface area contributed by atoms with E-state index < -0.39 is 10.8 Å². The summed E-state index contributed by atoms with van der Waals surface area (Å²) in [6.07, 6.45) is 18.4. The van der Waals surface area contributed by atoms with Crippen molar-refractivity contribution in [2.24, 2.45) is 0 Å². The van der Waals surface area contributed by atoms with Crippen molar-refractivity contribution in [1.29, 1.82) is 0 Å². The van der Waals surface area contributed by atoms with Crippen LogP contribution in [0.15, 0.2) is 169 Å². The van der Waals surface area contributed by atoms with Crippen molar-refractivity contribution >= 4 is 11.1 Å². The van der Waals surface area contributed by atoms with E-state index in [0.29, 0.717) is 6.42 Å². The summed E-state index contributed by atoms with van der Waals surface area (Å²) in [6, 6.07) is 51.3. The van der Waals surface area contributed by atoms with Crippen molar-refractivity contribution in [2.45, 2.75) is 56.3 Å². The first-order valence-electron chi connectivity index (χ1n) is 19.9. The molecular formula is C55H42. The Hall–Kier alpha value is -6.16. The van der Waals surface area contributed by atoms with E-state index in [9.17, 15) is 0 Å². The van der Waals surface area contributed by atoms with Gasteiger partial charge in [0.2, 0.25) is 0 Å². The molecule has 55 heavy (non-hydrogen) atoms. The average Bonchev–Trinajstić information content (AvgIpc) is 3.77. The SMILES string of the molecule is C#CCC1=C(/C=C\C)C2(c3ccccc31)c1ccccc1C1(c3ccccc3-c3ccccc31)c1c(-c3ccc4c(c3)C3=C(CCC=C3)C4(C)C)cccc12. The third-order valence-electron chi connectivity index (χ3n) is 13.7. The van der Waals surface area contributed by atoms with Gasteiger partial charge in [0.25, 0.3) is 0 Å². The summed E-state index contributed by atoms with van der Waals surface area (Å²) >= 11 is 0. The van der Waals surface area contributed by atoms with E-state index in [-0.39, 0.29) is 5.41 Å². The molecule has 5 aliphatic rings. The Morgan fingerprint density at radius 2 is 1.18 bits per heavy atom. The van der Waals surface area contributed by atoms with E-state index in [2.05, 4.69) is 184 Å². The van der Waals surface area contributed by atoms with Gasteiger partial charge in [-0.3, -0.25) is 0 Å². The number of hydrogen-bond donors (Lipinski definition) is 0. The minimum atomic E-state index is -0.574. The maximum absolute atomic E-state index is 6.23. The van der Waals surface area contributed by atoms with Crippen molar-refractivity contribution in [3.8, 4) is 34.6 Å². The zero-order valence-corrected chi connectivity index (χ0v) is 31.7. The fourth-order valence-electron chi connectivity index (χ4n) is 11.8. The lowest BCUT2D eigenvalue weighted by Gasteiger charge is -2.50. The summed E-state index contributed by atoms with van der Waals surface area (Å²) in [5.41, 5.74) is 23.1. The van der Waals surface area contributed by atoms with Crippen LogP contribution in [0.25, 0.3) is 33.4 Å². The van der Waals surface area contributed by atoms with E-state index in [4.69, 9.17) is 6.42 Å². The van der Waals surface area contributed by atoms with Crippen LogP contribution in [-0.4, -0.2) is 0 Å². The second-order valence-corrected chi connectivity index (χ2v) is 16.4. The van der Waals surface area contributed by atoms with Crippen LogP contribution < -0.4 is 0 Å². The zero-order chi connectivity index (χ0) is 37.1. The molecule has 0 saturated carbocycles. The number of rotatable bonds is 3. The summed E-state index contributed by atoms with van der Waals surface area (Å²) in [6.45, 7) is 6.97. The monoisotopic (exact) mass is 702 g/mol. The molecule has 0 N–H and O–H groups in total. The Morgan fingerprint density at radius 3 is 1.85 bits per heavy atom. The van der Waals surface area contributed by atoms with Crippen molar-refractivity contribution in [3.63, 3.8) is 0 Å². The maximum atomic E-state index is 6.23. The van der Waals surface area contributed by atoms with Crippen molar-refractivity contribution < 1.29 is 0 Å². The Kier molecular flexibility index (Phi) is 6.71. The highest BCUT2D eigenvalue weighted by molar-refractivity contribution is 5.97. The zero-order valence-electron chi connectivity index (χ0n) is 31.7. The molecular weight excluding hydrogens is 661 g/mol. The Balaban J connectivity index is 1.34. The summed E-state index contributed by atoms with van der Waals surface area (Å²) in [5, 5.41) is 0. The number of fused-ring (bicyclic) bond motifs is 15. The van der Waals surface area contributed by atoms with Crippen molar-refractivity contribution in [2.75, 3.05) is 0 Å². The molecule has 1 atom stereocenters. The molecule has 6 aromatic rings. The molecule has 0 heterocycles. The van der Waals surface area contributed by atoms with Crippen LogP contribution in [0.1, 0.15) is 95.7 Å². The maximum Gasteiger partial charge on any atom is 0.0725 e. The second kappa shape index (κ2) is 11.4. The molecule has 1 unspecified atom stereocenters. The highest BCUT2D eigenvalue weighted by Crippen LogP contribution is 2.68.